The fourth-order valence-corrected chi connectivity index (χ4v) is 4.93. The molecule has 230 valence electrons. The first-order valence-corrected chi connectivity index (χ1v) is 15.4. The number of aliphatic carboxylic acids is 1. The van der Waals surface area contributed by atoms with E-state index >= 15 is 0 Å². The highest BCUT2D eigenvalue weighted by Crippen LogP contribution is 2.23. The summed E-state index contributed by atoms with van der Waals surface area (Å²) in [4.78, 5) is 23.2. The van der Waals surface area contributed by atoms with Crippen molar-refractivity contribution in [3.05, 3.63) is 66.0 Å². The van der Waals surface area contributed by atoms with E-state index in [0.717, 1.165) is 24.8 Å². The van der Waals surface area contributed by atoms with Crippen molar-refractivity contribution in [2.75, 3.05) is 5.32 Å². The molecule has 1 amide bonds. The van der Waals surface area contributed by atoms with Gasteiger partial charge in [0.1, 0.15) is 11.4 Å². The van der Waals surface area contributed by atoms with E-state index in [0.29, 0.717) is 24.1 Å². The number of carboxylic acid groups (broad SMARTS) is 1. The highest BCUT2D eigenvalue weighted by Gasteiger charge is 2.24. The van der Waals surface area contributed by atoms with Crippen LogP contribution in [0, 0.1) is 12.8 Å². The summed E-state index contributed by atoms with van der Waals surface area (Å²) in [5.41, 5.74) is 2.81. The largest absolute Gasteiger partial charge is 0.487 e. The average Bonchev–Trinajstić information content (AvgIpc) is 2.91. The summed E-state index contributed by atoms with van der Waals surface area (Å²) in [5.74, 6) is 0.166. The molecule has 2 atom stereocenters. The number of hydrogen-bond donors (Lipinski definition) is 3. The van der Waals surface area contributed by atoms with E-state index in [9.17, 15) is 9.59 Å². The number of carboxylic acids is 1. The normalized spacial score (nSPS) is 16.1. The summed E-state index contributed by atoms with van der Waals surface area (Å²) in [6.45, 7) is 17.7. The van der Waals surface area contributed by atoms with Crippen molar-refractivity contribution in [2.45, 2.75) is 130 Å². The lowest BCUT2D eigenvalue weighted by Gasteiger charge is -2.25. The second-order valence-electron chi connectivity index (χ2n) is 12.1. The van der Waals surface area contributed by atoms with Crippen LogP contribution in [0.2, 0.25) is 0 Å². The quantitative estimate of drug-likeness (QED) is 0.145. The van der Waals surface area contributed by atoms with Crippen molar-refractivity contribution in [3.8, 4) is 0 Å². The van der Waals surface area contributed by atoms with Gasteiger partial charge < -0.3 is 20.5 Å². The summed E-state index contributed by atoms with van der Waals surface area (Å²) in [6.07, 6.45) is 15.1. The van der Waals surface area contributed by atoms with Gasteiger partial charge in [0, 0.05) is 24.2 Å². The molecule has 0 spiro atoms. The second kappa shape index (κ2) is 19.2. The summed E-state index contributed by atoms with van der Waals surface area (Å²) < 4.78 is 5.74. The van der Waals surface area contributed by atoms with Crippen LogP contribution in [-0.2, 0) is 14.3 Å². The Balaban J connectivity index is 0.000000495. The number of allylic oxidation sites excluding steroid dienone is 3. The first-order valence-electron chi connectivity index (χ1n) is 15.4. The molecule has 0 aromatic heterocycles. The number of hydrogen-bond acceptors (Lipinski definition) is 4. The van der Waals surface area contributed by atoms with E-state index in [4.69, 9.17) is 9.84 Å². The monoisotopic (exact) mass is 568 g/mol. The molecule has 0 aliphatic heterocycles. The Hall–Kier alpha value is -3.02. The third-order valence-corrected chi connectivity index (χ3v) is 7.47. The van der Waals surface area contributed by atoms with Crippen LogP contribution in [0.15, 0.2) is 60.4 Å². The van der Waals surface area contributed by atoms with Gasteiger partial charge in [-0.1, -0.05) is 82.9 Å². The molecule has 0 saturated heterocycles. The van der Waals surface area contributed by atoms with Gasteiger partial charge in [-0.05, 0) is 83.1 Å². The molecular weight excluding hydrogens is 512 g/mol. The van der Waals surface area contributed by atoms with Crippen LogP contribution in [0.4, 0.5) is 5.69 Å². The summed E-state index contributed by atoms with van der Waals surface area (Å²) >= 11 is 0. The van der Waals surface area contributed by atoms with Crippen LogP contribution in [0.5, 0.6) is 0 Å². The van der Waals surface area contributed by atoms with E-state index in [1.807, 2.05) is 19.9 Å². The Morgan fingerprint density at radius 1 is 1.12 bits per heavy atom. The number of anilines is 1. The minimum Gasteiger partial charge on any atom is -0.487 e. The molecule has 1 fully saturated rings. The lowest BCUT2D eigenvalue weighted by molar-refractivity contribution is -0.141. The third kappa shape index (κ3) is 16.1. The van der Waals surface area contributed by atoms with Crippen molar-refractivity contribution >= 4 is 17.6 Å². The van der Waals surface area contributed by atoms with Crippen LogP contribution >= 0.6 is 0 Å². The Morgan fingerprint density at radius 2 is 1.78 bits per heavy atom. The second-order valence-corrected chi connectivity index (χ2v) is 12.1. The van der Waals surface area contributed by atoms with Gasteiger partial charge in [-0.15, -0.1) is 0 Å². The predicted molar refractivity (Wildman–Crippen MR) is 172 cm³/mol. The Kier molecular flexibility index (Phi) is 16.8. The maximum absolute atomic E-state index is 12.3. The van der Waals surface area contributed by atoms with Crippen LogP contribution < -0.4 is 10.6 Å². The number of nitrogens with one attached hydrogen (secondary N) is 2. The van der Waals surface area contributed by atoms with Gasteiger partial charge in [0.25, 0.3) is 0 Å². The molecule has 1 aromatic carbocycles. The molecule has 6 nitrogen and oxygen atoms in total. The van der Waals surface area contributed by atoms with Gasteiger partial charge in [0.2, 0.25) is 5.91 Å². The van der Waals surface area contributed by atoms with Crippen molar-refractivity contribution in [2.24, 2.45) is 5.92 Å². The molecule has 2 rings (SSSR count). The standard InChI is InChI=1S/C22H37NO4.C13H19N/c1-8-16(4)13-17(5)23-20(24)14-18(9-2)11-12-19(10-3)27-22(6,7)15-21(25)26;1-11-7-5-6-10-13(11)14-12-8-3-2-4-9-12/h10-12,16-17H,3,8-9,13-15H2,1-2,4-7H3,(H,23,24)(H,25,26);5-7,10,12,14H,2-4,8-9H2,1H3/b18-11+,19-12+;. The third-order valence-electron chi connectivity index (χ3n) is 7.47. The summed E-state index contributed by atoms with van der Waals surface area (Å²) in [6, 6.07) is 9.43. The van der Waals surface area contributed by atoms with E-state index < -0.39 is 11.6 Å². The fourth-order valence-electron chi connectivity index (χ4n) is 4.93. The van der Waals surface area contributed by atoms with Gasteiger partial charge in [-0.3, -0.25) is 9.59 Å². The fraction of sp³-hybridized carbons (Fsp3) is 0.600. The zero-order chi connectivity index (χ0) is 30.8. The highest BCUT2D eigenvalue weighted by atomic mass is 16.5. The Labute approximate surface area is 249 Å². The number of amides is 1. The number of rotatable bonds is 15. The lowest BCUT2D eigenvalue weighted by atomic mass is 9.95. The van der Waals surface area contributed by atoms with Gasteiger partial charge in [0.05, 0.1) is 6.42 Å². The number of benzene rings is 1. The Morgan fingerprint density at radius 3 is 2.34 bits per heavy atom. The molecule has 0 bridgehead atoms. The zero-order valence-corrected chi connectivity index (χ0v) is 26.7. The maximum Gasteiger partial charge on any atom is 0.307 e. The van der Waals surface area contributed by atoms with Gasteiger partial charge >= 0.3 is 5.97 Å². The summed E-state index contributed by atoms with van der Waals surface area (Å²) in [7, 11) is 0. The molecule has 1 aliphatic rings. The predicted octanol–water partition coefficient (Wildman–Crippen LogP) is 8.73. The van der Waals surface area contributed by atoms with E-state index in [2.05, 4.69) is 62.2 Å². The smallest absolute Gasteiger partial charge is 0.307 e. The minimum absolute atomic E-state index is 0.0135. The van der Waals surface area contributed by atoms with E-state index in [1.54, 1.807) is 26.0 Å². The zero-order valence-electron chi connectivity index (χ0n) is 26.7. The lowest BCUT2D eigenvalue weighted by Crippen LogP contribution is -2.33. The van der Waals surface area contributed by atoms with Crippen molar-refractivity contribution in [3.63, 3.8) is 0 Å². The molecule has 0 radical (unpaired) electrons. The molecule has 6 heteroatoms. The van der Waals surface area contributed by atoms with Crippen molar-refractivity contribution in [1.82, 2.24) is 5.32 Å². The molecule has 41 heavy (non-hydrogen) atoms. The number of ether oxygens (including phenoxy) is 1. The van der Waals surface area contributed by atoms with Gasteiger partial charge in [-0.2, -0.15) is 0 Å². The number of aryl methyl sites for hydroxylation is 1. The molecular formula is C35H56N2O4. The topological polar surface area (TPSA) is 87.7 Å². The molecule has 0 heterocycles. The van der Waals surface area contributed by atoms with Crippen LogP contribution in [-0.4, -0.2) is 34.7 Å². The van der Waals surface area contributed by atoms with E-state index in [1.165, 1.54) is 43.4 Å². The SMILES string of the molecule is C=C/C(=C\C=C(/CC)CC(=O)NC(C)CC(C)CC)OC(C)(C)CC(=O)O.Cc1ccccc1NC1CCCCC1. The van der Waals surface area contributed by atoms with Crippen molar-refractivity contribution in [1.29, 1.82) is 0 Å². The molecule has 3 N–H and O–H groups in total. The Bertz CT molecular complexity index is 1010. The highest BCUT2D eigenvalue weighted by molar-refractivity contribution is 5.78. The molecule has 1 saturated carbocycles. The number of carbonyl (C=O) groups excluding carboxylic acids is 1. The van der Waals surface area contributed by atoms with E-state index in [-0.39, 0.29) is 18.4 Å². The average molecular weight is 569 g/mol. The van der Waals surface area contributed by atoms with Crippen molar-refractivity contribution < 1.29 is 19.4 Å². The molecule has 1 aliphatic carbocycles. The van der Waals surface area contributed by atoms with Crippen LogP contribution in [0.25, 0.3) is 0 Å². The van der Waals surface area contributed by atoms with Crippen LogP contribution in [0.3, 0.4) is 0 Å². The minimum atomic E-state index is -0.920. The van der Waals surface area contributed by atoms with Crippen LogP contribution in [0.1, 0.15) is 111 Å². The number of carbonyl (C=O) groups is 2. The molecule has 1 aromatic rings. The first-order chi connectivity index (χ1) is 19.4. The maximum atomic E-state index is 12.3. The van der Waals surface area contributed by atoms with Gasteiger partial charge in [-0.25, -0.2) is 0 Å². The number of para-hydroxylation sites is 1. The summed E-state index contributed by atoms with van der Waals surface area (Å²) in [5, 5.41) is 15.7. The first kappa shape index (κ1) is 36.0. The molecule has 2 unspecified atom stereocenters. The van der Waals surface area contributed by atoms with Gasteiger partial charge in [0.15, 0.2) is 0 Å².